The third-order valence-electron chi connectivity index (χ3n) is 3.34. The molecule has 0 aliphatic carbocycles. The number of thiazole rings is 1. The van der Waals surface area contributed by atoms with Crippen LogP contribution in [-0.2, 0) is 11.2 Å². The van der Waals surface area contributed by atoms with E-state index in [0.717, 1.165) is 27.4 Å². The first-order valence-corrected chi connectivity index (χ1v) is 8.52. The van der Waals surface area contributed by atoms with Crippen LogP contribution in [0.3, 0.4) is 0 Å². The minimum Gasteiger partial charge on any atom is -0.465 e. The minimum atomic E-state index is -0.245. The number of carbonyl (C=O) groups excluding carboxylic acids is 1. The van der Waals surface area contributed by atoms with E-state index in [-0.39, 0.29) is 5.91 Å². The molecule has 3 aromatic rings. The second-order valence-electron chi connectivity index (χ2n) is 5.23. The predicted octanol–water partition coefficient (Wildman–Crippen LogP) is 4.94. The summed E-state index contributed by atoms with van der Waals surface area (Å²) in [6.45, 7) is 1.97. The lowest BCUT2D eigenvalue weighted by Gasteiger charge is -2.02. The van der Waals surface area contributed by atoms with Gasteiger partial charge >= 0.3 is 0 Å². The summed E-state index contributed by atoms with van der Waals surface area (Å²) in [6.07, 6.45) is 7.08. The van der Waals surface area contributed by atoms with Gasteiger partial charge in [-0.1, -0.05) is 23.7 Å². The second kappa shape index (κ2) is 7.47. The van der Waals surface area contributed by atoms with Gasteiger partial charge in [0.15, 0.2) is 5.13 Å². The summed E-state index contributed by atoms with van der Waals surface area (Å²) < 4.78 is 5.13. The fourth-order valence-electron chi connectivity index (χ4n) is 2.09. The Morgan fingerprint density at radius 3 is 3.04 bits per heavy atom. The number of carbonyl (C=O) groups is 1. The van der Waals surface area contributed by atoms with Crippen LogP contribution in [-0.4, -0.2) is 10.9 Å². The summed E-state index contributed by atoms with van der Waals surface area (Å²) in [4.78, 5) is 17.2. The Balaban J connectivity index is 1.60. The van der Waals surface area contributed by atoms with Gasteiger partial charge in [-0.25, -0.2) is 4.98 Å². The van der Waals surface area contributed by atoms with Crippen molar-refractivity contribution in [3.05, 3.63) is 75.7 Å². The average Bonchev–Trinajstić information content (AvgIpc) is 3.21. The molecule has 0 unspecified atom stereocenters. The molecule has 0 saturated carbocycles. The molecule has 0 fully saturated rings. The number of nitrogens with one attached hydrogen (secondary N) is 1. The van der Waals surface area contributed by atoms with Crippen molar-refractivity contribution < 1.29 is 9.21 Å². The molecule has 2 heterocycles. The van der Waals surface area contributed by atoms with Crippen molar-refractivity contribution >= 4 is 40.1 Å². The zero-order chi connectivity index (χ0) is 16.9. The fourth-order valence-corrected chi connectivity index (χ4v) is 3.14. The Hall–Kier alpha value is -2.37. The summed E-state index contributed by atoms with van der Waals surface area (Å²) in [5.74, 6) is 0.381. The number of nitrogens with zero attached hydrogens (tertiary/aromatic N) is 1. The molecule has 0 saturated heterocycles. The Labute approximate surface area is 148 Å². The summed E-state index contributed by atoms with van der Waals surface area (Å²) in [5.41, 5.74) is 2.17. The van der Waals surface area contributed by atoms with Gasteiger partial charge in [0.2, 0.25) is 5.91 Å². The second-order valence-corrected chi connectivity index (χ2v) is 6.75. The highest BCUT2D eigenvalue weighted by Gasteiger charge is 2.06. The van der Waals surface area contributed by atoms with E-state index in [2.05, 4.69) is 10.3 Å². The predicted molar refractivity (Wildman–Crippen MR) is 97.5 cm³/mol. The number of aryl methyl sites for hydroxylation is 1. The van der Waals surface area contributed by atoms with E-state index >= 15 is 0 Å². The summed E-state index contributed by atoms with van der Waals surface area (Å²) in [6, 6.07) is 9.55. The summed E-state index contributed by atoms with van der Waals surface area (Å²) in [7, 11) is 0. The Kier molecular flexibility index (Phi) is 5.13. The Morgan fingerprint density at radius 2 is 2.29 bits per heavy atom. The van der Waals surface area contributed by atoms with Crippen LogP contribution in [0.25, 0.3) is 6.08 Å². The van der Waals surface area contributed by atoms with Crippen LogP contribution in [0.15, 0.2) is 53.3 Å². The number of anilines is 1. The number of benzene rings is 1. The number of furan rings is 1. The molecule has 122 valence electrons. The van der Waals surface area contributed by atoms with Gasteiger partial charge in [-0.05, 0) is 42.3 Å². The van der Waals surface area contributed by atoms with Crippen LogP contribution >= 0.6 is 22.9 Å². The molecule has 0 radical (unpaired) electrons. The van der Waals surface area contributed by atoms with E-state index in [1.54, 1.807) is 30.7 Å². The molecule has 0 atom stereocenters. The van der Waals surface area contributed by atoms with E-state index in [9.17, 15) is 4.79 Å². The first kappa shape index (κ1) is 16.5. The van der Waals surface area contributed by atoms with Crippen molar-refractivity contribution in [3.63, 3.8) is 0 Å². The molecule has 24 heavy (non-hydrogen) atoms. The van der Waals surface area contributed by atoms with Crippen LogP contribution in [0.2, 0.25) is 5.02 Å². The van der Waals surface area contributed by atoms with E-state index in [0.29, 0.717) is 10.9 Å². The number of rotatable bonds is 5. The molecule has 0 bridgehead atoms. The van der Waals surface area contributed by atoms with E-state index in [1.807, 2.05) is 25.1 Å². The largest absolute Gasteiger partial charge is 0.465 e. The zero-order valence-electron chi connectivity index (χ0n) is 13.0. The van der Waals surface area contributed by atoms with Crippen molar-refractivity contribution in [1.29, 1.82) is 0 Å². The minimum absolute atomic E-state index is 0.245. The number of hydrogen-bond donors (Lipinski definition) is 1. The topological polar surface area (TPSA) is 55.1 Å². The molecule has 0 spiro atoms. The quantitative estimate of drug-likeness (QED) is 0.657. The molecular formula is C18H15ClN2O2S. The highest BCUT2D eigenvalue weighted by atomic mass is 35.5. The SMILES string of the molecule is Cc1ccc(Cc2cnc(NC(=O)/C=C/c3ccco3)s2)cc1Cl. The molecule has 4 nitrogen and oxygen atoms in total. The van der Waals surface area contributed by atoms with Crippen LogP contribution in [0, 0.1) is 6.92 Å². The highest BCUT2D eigenvalue weighted by molar-refractivity contribution is 7.15. The van der Waals surface area contributed by atoms with Crippen molar-refractivity contribution in [2.24, 2.45) is 0 Å². The molecule has 0 aliphatic rings. The molecule has 6 heteroatoms. The molecule has 2 aromatic heterocycles. The van der Waals surface area contributed by atoms with Crippen LogP contribution in [0.1, 0.15) is 21.8 Å². The van der Waals surface area contributed by atoms with Crippen LogP contribution in [0.4, 0.5) is 5.13 Å². The summed E-state index contributed by atoms with van der Waals surface area (Å²) >= 11 is 7.59. The molecule has 1 N–H and O–H groups in total. The lowest BCUT2D eigenvalue weighted by atomic mass is 10.1. The fraction of sp³-hybridized carbons (Fsp3) is 0.111. The van der Waals surface area contributed by atoms with Gasteiger partial charge in [-0.2, -0.15) is 0 Å². The molecule has 0 aliphatic heterocycles. The third-order valence-corrected chi connectivity index (χ3v) is 4.66. The number of aromatic nitrogens is 1. The normalized spacial score (nSPS) is 11.1. The van der Waals surface area contributed by atoms with Gasteiger partial charge < -0.3 is 4.42 Å². The van der Waals surface area contributed by atoms with Gasteiger partial charge in [0.05, 0.1) is 6.26 Å². The zero-order valence-corrected chi connectivity index (χ0v) is 14.5. The Bertz CT molecular complexity index is 869. The molecule has 3 rings (SSSR count). The lowest BCUT2D eigenvalue weighted by molar-refractivity contribution is -0.111. The van der Waals surface area contributed by atoms with Gasteiger partial charge in [-0.3, -0.25) is 10.1 Å². The number of amides is 1. The van der Waals surface area contributed by atoms with Crippen molar-refractivity contribution in [2.75, 3.05) is 5.32 Å². The molecular weight excluding hydrogens is 344 g/mol. The van der Waals surface area contributed by atoms with Gasteiger partial charge in [-0.15, -0.1) is 11.3 Å². The van der Waals surface area contributed by atoms with Crippen LogP contribution in [0.5, 0.6) is 0 Å². The number of halogens is 1. The average molecular weight is 359 g/mol. The summed E-state index contributed by atoms with van der Waals surface area (Å²) in [5, 5.41) is 4.07. The van der Waals surface area contributed by atoms with Crippen molar-refractivity contribution in [3.8, 4) is 0 Å². The number of hydrogen-bond acceptors (Lipinski definition) is 4. The maximum Gasteiger partial charge on any atom is 0.250 e. The van der Waals surface area contributed by atoms with Crippen LogP contribution < -0.4 is 5.32 Å². The first-order valence-electron chi connectivity index (χ1n) is 7.32. The smallest absolute Gasteiger partial charge is 0.250 e. The van der Waals surface area contributed by atoms with E-state index < -0.39 is 0 Å². The maximum atomic E-state index is 11.9. The monoisotopic (exact) mass is 358 g/mol. The van der Waals surface area contributed by atoms with Gasteiger partial charge in [0.1, 0.15) is 5.76 Å². The standard InChI is InChI=1S/C18H15ClN2O2S/c1-12-4-5-13(10-16(12)19)9-15-11-20-18(24-15)21-17(22)7-6-14-3-2-8-23-14/h2-8,10-11H,9H2,1H3,(H,20,21,22)/b7-6+. The first-order chi connectivity index (χ1) is 11.6. The van der Waals surface area contributed by atoms with Gasteiger partial charge in [0, 0.05) is 28.6 Å². The highest BCUT2D eigenvalue weighted by Crippen LogP contribution is 2.23. The van der Waals surface area contributed by atoms with E-state index in [4.69, 9.17) is 16.0 Å². The van der Waals surface area contributed by atoms with Crippen molar-refractivity contribution in [2.45, 2.75) is 13.3 Å². The Morgan fingerprint density at radius 1 is 1.42 bits per heavy atom. The van der Waals surface area contributed by atoms with E-state index in [1.165, 1.54) is 17.4 Å². The maximum absolute atomic E-state index is 11.9. The third kappa shape index (κ3) is 4.34. The molecule has 1 amide bonds. The lowest BCUT2D eigenvalue weighted by Crippen LogP contribution is -2.06. The molecule has 1 aromatic carbocycles. The van der Waals surface area contributed by atoms with Crippen molar-refractivity contribution in [1.82, 2.24) is 4.98 Å². The van der Waals surface area contributed by atoms with Gasteiger partial charge in [0.25, 0.3) is 0 Å².